The van der Waals surface area contributed by atoms with Crippen molar-refractivity contribution in [1.82, 2.24) is 34.7 Å². The minimum absolute atomic E-state index is 0. The van der Waals surface area contributed by atoms with Gasteiger partial charge in [-0.1, -0.05) is 108 Å². The molecule has 2 saturated heterocycles. The van der Waals surface area contributed by atoms with Gasteiger partial charge in [0.1, 0.15) is 39.1 Å². The molecule has 2 aromatic carbocycles. The number of carbonyl (C=O) groups excluding carboxylic acids is 4. The van der Waals surface area contributed by atoms with E-state index in [1.165, 1.54) is 18.0 Å². The Hall–Kier alpha value is -4.79. The predicted octanol–water partition coefficient (Wildman–Crippen LogP) is 8.33. The number of anilines is 2. The number of carboxylic acid groups (broad SMARTS) is 1. The molecule has 4 amide bonds. The molecule has 17 nitrogen and oxygen atoms in total. The average Bonchev–Trinajstić information content (AvgIpc) is 4.18. The summed E-state index contributed by atoms with van der Waals surface area (Å²) in [7, 11) is 0. The summed E-state index contributed by atoms with van der Waals surface area (Å²) in [4.78, 5) is 62.7. The zero-order chi connectivity index (χ0) is 47.1. The number of nitrogens with zero attached hydrogens (tertiary/aromatic N) is 5. The number of amides is 4. The van der Waals surface area contributed by atoms with Crippen molar-refractivity contribution in [2.45, 2.75) is 140 Å². The molecule has 68 heavy (non-hydrogen) atoms. The average molecular weight is 1020 g/mol. The quantitative estimate of drug-likeness (QED) is 0.0829. The van der Waals surface area contributed by atoms with Crippen LogP contribution in [0.3, 0.4) is 0 Å². The smallest absolute Gasteiger partial charge is 0.408 e. The Morgan fingerprint density at radius 2 is 1.24 bits per heavy atom. The minimum atomic E-state index is -0.979. The van der Waals surface area contributed by atoms with Crippen LogP contribution in [0, 0.1) is 11.8 Å². The van der Waals surface area contributed by atoms with Crippen LogP contribution >= 0.6 is 47.9 Å². The highest BCUT2D eigenvalue weighted by Gasteiger charge is 2.39. The van der Waals surface area contributed by atoms with Crippen molar-refractivity contribution >= 4 is 87.7 Å². The van der Waals surface area contributed by atoms with E-state index < -0.39 is 35.8 Å². The first-order chi connectivity index (χ1) is 31.8. The molecule has 372 valence electrons. The number of likely N-dealkylation sites (tertiary alicyclic amines) is 1. The third-order valence-electron chi connectivity index (χ3n) is 12.3. The second-order valence-corrected chi connectivity index (χ2v) is 19.7. The maximum atomic E-state index is 13.0. The molecule has 4 fully saturated rings. The van der Waals surface area contributed by atoms with Crippen molar-refractivity contribution in [1.29, 1.82) is 0 Å². The van der Waals surface area contributed by atoms with E-state index in [2.05, 4.69) is 40.4 Å². The van der Waals surface area contributed by atoms with Crippen LogP contribution in [0.25, 0.3) is 22.5 Å². The Labute approximate surface area is 419 Å². The number of nitrogens with two attached hydrogens (primary N) is 1. The molecule has 2 aliphatic carbocycles. The monoisotopic (exact) mass is 1020 g/mol. The van der Waals surface area contributed by atoms with Crippen molar-refractivity contribution < 1.29 is 33.8 Å². The van der Waals surface area contributed by atoms with Gasteiger partial charge in [0.05, 0.1) is 12.1 Å². The third kappa shape index (κ3) is 16.2. The van der Waals surface area contributed by atoms with Gasteiger partial charge in [-0.15, -0.1) is 35.0 Å². The number of carboxylic acids is 1. The molecule has 2 aliphatic heterocycles. The highest BCUT2D eigenvalue weighted by atomic mass is 35.5. The number of alkyl carbamates (subject to hydrolysis) is 1. The molecule has 21 heteroatoms. The molecule has 4 atom stereocenters. The van der Waals surface area contributed by atoms with Crippen molar-refractivity contribution in [3.63, 3.8) is 0 Å². The molecule has 2 saturated carbocycles. The summed E-state index contributed by atoms with van der Waals surface area (Å²) in [6, 6.07) is 17.5. The maximum Gasteiger partial charge on any atom is 0.408 e. The van der Waals surface area contributed by atoms with Gasteiger partial charge in [0.15, 0.2) is 0 Å². The number of halogens is 2. The molecule has 8 rings (SSSR count). The second kappa shape index (κ2) is 27.4. The number of nitrogens with one attached hydrogen (secondary N) is 4. The molecular formula is C47H66Cl2N10O7S2. The lowest BCUT2D eigenvalue weighted by Gasteiger charge is -2.32. The lowest BCUT2D eigenvalue weighted by atomic mass is 9.83. The predicted molar refractivity (Wildman–Crippen MR) is 270 cm³/mol. The summed E-state index contributed by atoms with van der Waals surface area (Å²) in [5.74, 6) is -0.997. The van der Waals surface area contributed by atoms with E-state index in [-0.39, 0.29) is 60.4 Å². The van der Waals surface area contributed by atoms with Gasteiger partial charge < -0.3 is 41.7 Å². The maximum absolute atomic E-state index is 13.0. The van der Waals surface area contributed by atoms with Gasteiger partial charge in [-0.25, -0.2) is 9.59 Å². The minimum Gasteiger partial charge on any atom is -0.480 e. The highest BCUT2D eigenvalue weighted by molar-refractivity contribution is 7.11. The normalized spacial score (nSPS) is 19.2. The lowest BCUT2D eigenvalue weighted by Crippen LogP contribution is -2.52. The molecule has 4 aromatic rings. The number of carbonyl (C=O) groups is 5. The van der Waals surface area contributed by atoms with Crippen LogP contribution in [0.1, 0.15) is 111 Å². The van der Waals surface area contributed by atoms with Gasteiger partial charge in [-0.3, -0.25) is 14.4 Å². The van der Waals surface area contributed by atoms with Crippen molar-refractivity contribution in [3.05, 3.63) is 60.7 Å². The molecular weight excluding hydrogens is 952 g/mol. The Bertz CT molecular complexity index is 2200. The van der Waals surface area contributed by atoms with E-state index in [0.717, 1.165) is 112 Å². The molecule has 0 radical (unpaired) electrons. The number of benzene rings is 2. The van der Waals surface area contributed by atoms with E-state index >= 15 is 0 Å². The summed E-state index contributed by atoms with van der Waals surface area (Å²) in [5, 5.41) is 30.3. The number of hydrogen-bond acceptors (Lipinski definition) is 14. The summed E-state index contributed by atoms with van der Waals surface area (Å²) in [6.07, 6.45) is 13.2. The SMILES string of the molecule is CC(C)(C)OC(=O)N[C@H](C(=O)O)C1CCCCC1.Cl.Cl.N[C@H](C(=O)N1CCC[C@H]1C(=O)Nc1snnc1-c1ccccc1)C1CCCCC1.O=C(Nc1snnc1-c1ccccc1)[C@@H]1CCCN1. The molecule has 4 aliphatic rings. The van der Waals surface area contributed by atoms with E-state index in [1.807, 2.05) is 60.7 Å². The van der Waals surface area contributed by atoms with Gasteiger partial charge in [0, 0.05) is 40.7 Å². The Kier molecular flexibility index (Phi) is 22.5. The van der Waals surface area contributed by atoms with Crippen molar-refractivity contribution in [3.8, 4) is 22.5 Å². The molecule has 0 bridgehead atoms. The van der Waals surface area contributed by atoms with E-state index in [0.29, 0.717) is 28.7 Å². The molecule has 4 heterocycles. The molecule has 2 aromatic heterocycles. The van der Waals surface area contributed by atoms with Gasteiger partial charge >= 0.3 is 12.1 Å². The van der Waals surface area contributed by atoms with E-state index in [9.17, 15) is 29.1 Å². The first kappa shape index (κ1) is 55.8. The van der Waals surface area contributed by atoms with Crippen LogP contribution < -0.4 is 27.0 Å². The van der Waals surface area contributed by atoms with Gasteiger partial charge in [-0.05, 0) is 90.5 Å². The Morgan fingerprint density at radius 1 is 0.721 bits per heavy atom. The van der Waals surface area contributed by atoms with Gasteiger partial charge in [0.25, 0.3) is 0 Å². The van der Waals surface area contributed by atoms with Crippen LogP contribution in [-0.2, 0) is 23.9 Å². The summed E-state index contributed by atoms with van der Waals surface area (Å²) in [5.41, 5.74) is 8.97. The lowest BCUT2D eigenvalue weighted by molar-refractivity contribution is -0.141. The zero-order valence-corrected chi connectivity index (χ0v) is 42.2. The Balaban J connectivity index is 0.000000228. The van der Waals surface area contributed by atoms with Crippen molar-refractivity contribution in [2.24, 2.45) is 17.6 Å². The highest BCUT2D eigenvalue weighted by Crippen LogP contribution is 2.32. The second-order valence-electron chi connectivity index (χ2n) is 18.2. The van der Waals surface area contributed by atoms with Crippen LogP contribution in [0.5, 0.6) is 0 Å². The largest absolute Gasteiger partial charge is 0.480 e. The van der Waals surface area contributed by atoms with E-state index in [1.54, 1.807) is 25.7 Å². The molecule has 0 spiro atoms. The van der Waals surface area contributed by atoms with E-state index in [4.69, 9.17) is 10.5 Å². The van der Waals surface area contributed by atoms with Crippen LogP contribution in [0.2, 0.25) is 0 Å². The van der Waals surface area contributed by atoms with Crippen LogP contribution in [0.15, 0.2) is 60.7 Å². The first-order valence-corrected chi connectivity index (χ1v) is 24.7. The van der Waals surface area contributed by atoms with Crippen LogP contribution in [0.4, 0.5) is 14.8 Å². The fourth-order valence-corrected chi connectivity index (χ4v) is 10.1. The fourth-order valence-electron chi connectivity index (χ4n) is 8.89. The Morgan fingerprint density at radius 3 is 1.72 bits per heavy atom. The number of rotatable bonds is 11. The summed E-state index contributed by atoms with van der Waals surface area (Å²) in [6.45, 7) is 6.75. The number of hydrogen-bond donors (Lipinski definition) is 6. The van der Waals surface area contributed by atoms with Gasteiger partial charge in [-0.2, -0.15) is 0 Å². The third-order valence-corrected chi connectivity index (χ3v) is 13.5. The zero-order valence-electron chi connectivity index (χ0n) is 38.9. The number of aliphatic carboxylic acids is 1. The summed E-state index contributed by atoms with van der Waals surface area (Å²) < 4.78 is 13.0. The van der Waals surface area contributed by atoms with Crippen LogP contribution in [-0.4, -0.2) is 102 Å². The summed E-state index contributed by atoms with van der Waals surface area (Å²) >= 11 is 2.36. The standard InChI is InChI=1S/C21H27N5O2S.C13H14N4OS.C13H23NO4.2ClH/c22-17(14-8-3-1-4-9-14)21(28)26-13-7-12-16(26)19(27)23-20-18(24-25-29-20)15-10-5-2-6-11-15;18-12(10-7-4-8-14-10)15-13-11(16-17-19-13)9-5-2-1-3-6-9;1-13(2,3)18-12(17)14-10(11(15)16)9-7-5-4-6-8-9;;/h2,5-6,10-11,14,16-17H,1,3-4,7-9,12-13,22H2,(H,23,27);1-3,5-6,10,14H,4,7-8H2,(H,15,18);9-10H,4-8H2,1-3H3,(H,14,17)(H,15,16);2*1H/t16-,17-;2*10-;;/m000../s1. The first-order valence-electron chi connectivity index (χ1n) is 23.2. The van der Waals surface area contributed by atoms with Gasteiger partial charge in [0.2, 0.25) is 17.7 Å². The topological polar surface area (TPSA) is 244 Å². The molecule has 7 N–H and O–H groups in total. The fraction of sp³-hybridized carbons (Fsp3) is 0.553. The number of aromatic nitrogens is 4. The van der Waals surface area contributed by atoms with Crippen molar-refractivity contribution in [2.75, 3.05) is 23.7 Å². The molecule has 0 unspecified atom stereocenters. The number of ether oxygens (including phenoxy) is 1.